The molecule has 0 fully saturated rings. The van der Waals surface area contributed by atoms with Crippen LogP contribution in [0.1, 0.15) is 5.56 Å². The normalized spacial score (nSPS) is 10.9. The molecule has 26 heavy (non-hydrogen) atoms. The molecule has 0 bridgehead atoms. The summed E-state index contributed by atoms with van der Waals surface area (Å²) in [6, 6.07) is 13.9. The number of hydrogen-bond acceptors (Lipinski definition) is 5. The van der Waals surface area contributed by atoms with Gasteiger partial charge in [-0.2, -0.15) is 5.10 Å². The van der Waals surface area contributed by atoms with Crippen LogP contribution in [0.25, 0.3) is 27.8 Å². The Balaban J connectivity index is 1.92. The zero-order valence-corrected chi connectivity index (χ0v) is 14.8. The number of fused-ring (bicyclic) bond motifs is 1. The van der Waals surface area contributed by atoms with Crippen LogP contribution in [0, 0.1) is 6.92 Å². The minimum absolute atomic E-state index is 0.675. The molecule has 0 saturated carbocycles. The molecule has 0 spiro atoms. The van der Waals surface area contributed by atoms with E-state index < -0.39 is 0 Å². The van der Waals surface area contributed by atoms with Gasteiger partial charge >= 0.3 is 0 Å². The first-order chi connectivity index (χ1) is 12.7. The molecule has 4 rings (SSSR count). The molecule has 0 unspecified atom stereocenters. The van der Waals surface area contributed by atoms with Crippen molar-refractivity contribution in [2.75, 3.05) is 14.2 Å². The van der Waals surface area contributed by atoms with Crippen molar-refractivity contribution in [1.29, 1.82) is 0 Å². The van der Waals surface area contributed by atoms with Crippen molar-refractivity contribution in [3.8, 4) is 28.4 Å². The predicted molar refractivity (Wildman–Crippen MR) is 99.9 cm³/mol. The molecule has 0 saturated heterocycles. The summed E-state index contributed by atoms with van der Waals surface area (Å²) in [5, 5.41) is 5.28. The predicted octanol–water partition coefficient (Wildman–Crippen LogP) is 3.81. The summed E-state index contributed by atoms with van der Waals surface area (Å²) in [4.78, 5) is 8.87. The number of aromatic nitrogens is 4. The molecule has 4 aromatic rings. The van der Waals surface area contributed by atoms with Gasteiger partial charge in [0.1, 0.15) is 12.7 Å². The fourth-order valence-corrected chi connectivity index (χ4v) is 3.10. The molecule has 2 heterocycles. The third-order valence-corrected chi connectivity index (χ3v) is 4.36. The second-order valence-corrected chi connectivity index (χ2v) is 5.91. The van der Waals surface area contributed by atoms with Gasteiger partial charge in [-0.15, -0.1) is 0 Å². The molecule has 0 N–H and O–H groups in total. The highest BCUT2D eigenvalue weighted by Crippen LogP contribution is 2.38. The first kappa shape index (κ1) is 16.1. The number of methoxy groups -OCH3 is 2. The van der Waals surface area contributed by atoms with E-state index in [1.165, 1.54) is 6.33 Å². The lowest BCUT2D eigenvalue weighted by molar-refractivity contribution is 0.356. The van der Waals surface area contributed by atoms with Crippen LogP contribution in [0.5, 0.6) is 11.5 Å². The number of ether oxygens (including phenoxy) is 2. The van der Waals surface area contributed by atoms with Crippen LogP contribution in [-0.2, 0) is 0 Å². The van der Waals surface area contributed by atoms with E-state index in [-0.39, 0.29) is 0 Å². The van der Waals surface area contributed by atoms with Gasteiger partial charge in [0.05, 0.1) is 31.1 Å². The minimum atomic E-state index is 0.675. The average Bonchev–Trinajstić information content (AvgIpc) is 3.21. The lowest BCUT2D eigenvalue weighted by Gasteiger charge is -2.14. The van der Waals surface area contributed by atoms with Gasteiger partial charge in [-0.05, 0) is 42.8 Å². The summed E-state index contributed by atoms with van der Waals surface area (Å²) in [5.41, 5.74) is 4.67. The summed E-state index contributed by atoms with van der Waals surface area (Å²) in [5.74, 6) is 1.36. The van der Waals surface area contributed by atoms with Crippen molar-refractivity contribution in [3.63, 3.8) is 0 Å². The van der Waals surface area contributed by atoms with E-state index in [1.54, 1.807) is 25.2 Å². The monoisotopic (exact) mass is 346 g/mol. The van der Waals surface area contributed by atoms with Crippen LogP contribution in [0.3, 0.4) is 0 Å². The Kier molecular flexibility index (Phi) is 4.01. The van der Waals surface area contributed by atoms with E-state index in [1.807, 2.05) is 30.3 Å². The molecule has 6 heteroatoms. The zero-order chi connectivity index (χ0) is 18.1. The van der Waals surface area contributed by atoms with E-state index in [0.29, 0.717) is 11.5 Å². The Labute approximate surface area is 151 Å². The Morgan fingerprint density at radius 1 is 1.00 bits per heavy atom. The molecule has 0 amide bonds. The summed E-state index contributed by atoms with van der Waals surface area (Å²) in [7, 11) is 3.27. The number of hydrogen-bond donors (Lipinski definition) is 0. The number of nitrogens with zero attached hydrogens (tertiary/aromatic N) is 4. The number of aryl methyl sites for hydroxylation is 1. The molecule has 2 aromatic heterocycles. The van der Waals surface area contributed by atoms with Gasteiger partial charge in [0, 0.05) is 10.9 Å². The van der Waals surface area contributed by atoms with E-state index in [4.69, 9.17) is 14.5 Å². The highest BCUT2D eigenvalue weighted by molar-refractivity contribution is 5.87. The Bertz CT molecular complexity index is 1070. The number of benzene rings is 2. The van der Waals surface area contributed by atoms with Crippen LogP contribution in [0.2, 0.25) is 0 Å². The van der Waals surface area contributed by atoms with E-state index in [9.17, 15) is 0 Å². The van der Waals surface area contributed by atoms with Crippen molar-refractivity contribution in [1.82, 2.24) is 19.7 Å². The van der Waals surface area contributed by atoms with Gasteiger partial charge in [0.15, 0.2) is 11.5 Å². The van der Waals surface area contributed by atoms with Gasteiger partial charge in [0.25, 0.3) is 0 Å². The van der Waals surface area contributed by atoms with Crippen LogP contribution >= 0.6 is 0 Å². The molecule has 0 aliphatic rings. The second-order valence-electron chi connectivity index (χ2n) is 5.91. The largest absolute Gasteiger partial charge is 0.493 e. The van der Waals surface area contributed by atoms with Crippen LogP contribution in [-0.4, -0.2) is 34.0 Å². The highest BCUT2D eigenvalue weighted by atomic mass is 16.5. The zero-order valence-electron chi connectivity index (χ0n) is 14.8. The molecule has 0 aliphatic heterocycles. The SMILES string of the molecule is COc1cccc(-c2cc(C)c3ccc(-n4cncn4)cc3n2)c1OC. The molecule has 0 aliphatic carbocycles. The average molecular weight is 346 g/mol. The lowest BCUT2D eigenvalue weighted by atomic mass is 10.0. The summed E-state index contributed by atoms with van der Waals surface area (Å²) < 4.78 is 12.7. The molecule has 0 radical (unpaired) electrons. The lowest BCUT2D eigenvalue weighted by Crippen LogP contribution is -1.97. The van der Waals surface area contributed by atoms with Crippen molar-refractivity contribution in [2.24, 2.45) is 0 Å². The Morgan fingerprint density at radius 2 is 1.88 bits per heavy atom. The molecule has 130 valence electrons. The second kappa shape index (κ2) is 6.48. The maximum Gasteiger partial charge on any atom is 0.170 e. The third kappa shape index (κ3) is 2.65. The van der Waals surface area contributed by atoms with E-state index >= 15 is 0 Å². The van der Waals surface area contributed by atoms with Gasteiger partial charge in [0.2, 0.25) is 0 Å². The Hall–Kier alpha value is -3.41. The van der Waals surface area contributed by atoms with E-state index in [2.05, 4.69) is 29.1 Å². The van der Waals surface area contributed by atoms with Gasteiger partial charge in [-0.25, -0.2) is 14.6 Å². The third-order valence-electron chi connectivity index (χ3n) is 4.36. The van der Waals surface area contributed by atoms with Crippen molar-refractivity contribution in [2.45, 2.75) is 6.92 Å². The van der Waals surface area contributed by atoms with Crippen LogP contribution < -0.4 is 9.47 Å². The maximum absolute atomic E-state index is 5.57. The molecule has 6 nitrogen and oxygen atoms in total. The summed E-state index contributed by atoms with van der Waals surface area (Å²) in [6.07, 6.45) is 3.18. The van der Waals surface area contributed by atoms with Crippen molar-refractivity contribution < 1.29 is 9.47 Å². The number of para-hydroxylation sites is 1. The fourth-order valence-electron chi connectivity index (χ4n) is 3.10. The standard InChI is InChI=1S/C20H18N4O2/c1-13-9-17(16-5-4-6-19(25-2)20(16)26-3)23-18-10-14(7-8-15(13)18)24-12-21-11-22-24/h4-12H,1-3H3. The minimum Gasteiger partial charge on any atom is -0.493 e. The van der Waals surface area contributed by atoms with Crippen molar-refractivity contribution in [3.05, 3.63) is 60.7 Å². The first-order valence-electron chi connectivity index (χ1n) is 8.19. The maximum atomic E-state index is 5.57. The first-order valence-corrected chi connectivity index (χ1v) is 8.19. The summed E-state index contributed by atoms with van der Waals surface area (Å²) in [6.45, 7) is 2.08. The fraction of sp³-hybridized carbons (Fsp3) is 0.150. The quantitative estimate of drug-likeness (QED) is 0.562. The summed E-state index contributed by atoms with van der Waals surface area (Å²) >= 11 is 0. The number of pyridine rings is 1. The molecule has 0 atom stereocenters. The van der Waals surface area contributed by atoms with Gasteiger partial charge in [-0.1, -0.05) is 12.1 Å². The number of rotatable bonds is 4. The molecular weight excluding hydrogens is 328 g/mol. The van der Waals surface area contributed by atoms with E-state index in [0.717, 1.165) is 33.4 Å². The smallest absolute Gasteiger partial charge is 0.170 e. The van der Waals surface area contributed by atoms with Gasteiger partial charge < -0.3 is 9.47 Å². The van der Waals surface area contributed by atoms with Gasteiger partial charge in [-0.3, -0.25) is 0 Å². The molecule has 2 aromatic carbocycles. The highest BCUT2D eigenvalue weighted by Gasteiger charge is 2.14. The van der Waals surface area contributed by atoms with Crippen molar-refractivity contribution >= 4 is 10.9 Å². The van der Waals surface area contributed by atoms with Crippen LogP contribution in [0.15, 0.2) is 55.1 Å². The van der Waals surface area contributed by atoms with Crippen LogP contribution in [0.4, 0.5) is 0 Å². The molecular formula is C20H18N4O2. The Morgan fingerprint density at radius 3 is 2.62 bits per heavy atom. The topological polar surface area (TPSA) is 62.1 Å².